The summed E-state index contributed by atoms with van der Waals surface area (Å²) in [4.78, 5) is 35.3. The number of rotatable bonds is 7. The van der Waals surface area contributed by atoms with E-state index in [1.807, 2.05) is 25.1 Å². The molecule has 0 saturated heterocycles. The van der Waals surface area contributed by atoms with Crippen molar-refractivity contribution in [2.24, 2.45) is 11.7 Å². The molecule has 3 rings (SSSR count). The topological polar surface area (TPSA) is 113 Å². The molecule has 0 atom stereocenters. The first-order valence-corrected chi connectivity index (χ1v) is 8.78. The highest BCUT2D eigenvalue weighted by Gasteiger charge is 2.29. The van der Waals surface area contributed by atoms with Crippen molar-refractivity contribution in [1.29, 1.82) is 0 Å². The van der Waals surface area contributed by atoms with Crippen molar-refractivity contribution in [1.82, 2.24) is 0 Å². The number of carbonyl (C=O) groups is 3. The maximum absolute atomic E-state index is 12.2. The van der Waals surface area contributed by atoms with Crippen molar-refractivity contribution in [2.45, 2.75) is 19.8 Å². The van der Waals surface area contributed by atoms with Gasteiger partial charge < -0.3 is 21.7 Å². The highest BCUT2D eigenvalue weighted by molar-refractivity contribution is 5.98. The summed E-state index contributed by atoms with van der Waals surface area (Å²) in [5, 5.41) is 8.73. The smallest absolute Gasteiger partial charge is 0.248 e. The molecule has 0 heterocycles. The van der Waals surface area contributed by atoms with Gasteiger partial charge in [-0.3, -0.25) is 14.4 Å². The van der Waals surface area contributed by atoms with Gasteiger partial charge in [-0.05, 0) is 55.7 Å². The molecule has 0 bridgehead atoms. The van der Waals surface area contributed by atoms with E-state index in [0.29, 0.717) is 11.3 Å². The Bertz CT molecular complexity index is 891. The molecule has 0 unspecified atom stereocenters. The number of nitrogens with two attached hydrogens (primary N) is 1. The number of amides is 3. The molecule has 1 saturated carbocycles. The van der Waals surface area contributed by atoms with Crippen LogP contribution in [0, 0.1) is 12.8 Å². The molecule has 1 aliphatic rings. The second-order valence-electron chi connectivity index (χ2n) is 6.59. The van der Waals surface area contributed by atoms with Crippen LogP contribution in [0.5, 0.6) is 0 Å². The Balaban J connectivity index is 1.59. The molecule has 2 aromatic rings. The van der Waals surface area contributed by atoms with Gasteiger partial charge in [0.05, 0.1) is 6.54 Å². The lowest BCUT2D eigenvalue weighted by Crippen LogP contribution is -2.22. The Morgan fingerprint density at radius 3 is 2.44 bits per heavy atom. The van der Waals surface area contributed by atoms with Crippen LogP contribution in [0.4, 0.5) is 17.1 Å². The molecule has 1 aliphatic carbocycles. The minimum atomic E-state index is -0.551. The fourth-order valence-electron chi connectivity index (χ4n) is 2.67. The molecule has 2 aromatic carbocycles. The van der Waals surface area contributed by atoms with E-state index in [2.05, 4.69) is 16.0 Å². The second-order valence-corrected chi connectivity index (χ2v) is 6.59. The molecular formula is C20H22N4O3. The van der Waals surface area contributed by atoms with Gasteiger partial charge in [0.25, 0.3) is 0 Å². The van der Waals surface area contributed by atoms with Gasteiger partial charge in [-0.1, -0.05) is 12.1 Å². The molecular weight excluding hydrogens is 344 g/mol. The summed E-state index contributed by atoms with van der Waals surface area (Å²) in [5.74, 6) is -0.640. The van der Waals surface area contributed by atoms with Crippen LogP contribution in [0.2, 0.25) is 0 Å². The monoisotopic (exact) mass is 366 g/mol. The van der Waals surface area contributed by atoms with Crippen molar-refractivity contribution in [2.75, 3.05) is 22.5 Å². The highest BCUT2D eigenvalue weighted by atomic mass is 16.2. The average molecular weight is 366 g/mol. The van der Waals surface area contributed by atoms with Crippen molar-refractivity contribution in [3.05, 3.63) is 53.6 Å². The molecule has 5 N–H and O–H groups in total. The highest BCUT2D eigenvalue weighted by Crippen LogP contribution is 2.31. The Morgan fingerprint density at radius 2 is 1.74 bits per heavy atom. The van der Waals surface area contributed by atoms with Crippen molar-refractivity contribution in [3.63, 3.8) is 0 Å². The van der Waals surface area contributed by atoms with E-state index in [4.69, 9.17) is 5.73 Å². The zero-order chi connectivity index (χ0) is 19.4. The van der Waals surface area contributed by atoms with E-state index in [-0.39, 0.29) is 24.3 Å². The van der Waals surface area contributed by atoms with Gasteiger partial charge in [0.15, 0.2) is 0 Å². The lowest BCUT2D eigenvalue weighted by molar-refractivity contribution is -0.117. The van der Waals surface area contributed by atoms with Crippen LogP contribution in [0.15, 0.2) is 42.5 Å². The summed E-state index contributed by atoms with van der Waals surface area (Å²) >= 11 is 0. The zero-order valence-electron chi connectivity index (χ0n) is 15.0. The zero-order valence-corrected chi connectivity index (χ0v) is 15.0. The molecule has 1 fully saturated rings. The predicted molar refractivity (Wildman–Crippen MR) is 105 cm³/mol. The summed E-state index contributed by atoms with van der Waals surface area (Å²) in [6, 6.07) is 12.0. The Hall–Kier alpha value is -3.35. The van der Waals surface area contributed by atoms with Crippen LogP contribution >= 0.6 is 0 Å². The van der Waals surface area contributed by atoms with Gasteiger partial charge >= 0.3 is 0 Å². The molecule has 0 spiro atoms. The average Bonchev–Trinajstić information content (AvgIpc) is 3.48. The predicted octanol–water partition coefficient (Wildman–Crippen LogP) is 2.49. The number of benzene rings is 2. The normalized spacial score (nSPS) is 12.9. The molecule has 7 nitrogen and oxygen atoms in total. The van der Waals surface area contributed by atoms with E-state index >= 15 is 0 Å². The van der Waals surface area contributed by atoms with Gasteiger partial charge in [0.1, 0.15) is 0 Å². The molecule has 0 aliphatic heterocycles. The van der Waals surface area contributed by atoms with Gasteiger partial charge in [-0.2, -0.15) is 0 Å². The maximum atomic E-state index is 12.2. The minimum absolute atomic E-state index is 0.0433. The first kappa shape index (κ1) is 18.4. The van der Waals surface area contributed by atoms with Crippen LogP contribution < -0.4 is 21.7 Å². The van der Waals surface area contributed by atoms with Crippen molar-refractivity contribution < 1.29 is 14.4 Å². The van der Waals surface area contributed by atoms with Crippen LogP contribution in [0.1, 0.15) is 28.8 Å². The van der Waals surface area contributed by atoms with E-state index in [9.17, 15) is 14.4 Å². The molecule has 0 radical (unpaired) electrons. The summed E-state index contributed by atoms with van der Waals surface area (Å²) in [6.45, 7) is 1.93. The third-order valence-electron chi connectivity index (χ3n) is 4.41. The SMILES string of the molecule is Cc1c(NCC(=O)Nc2cccc(C(N)=O)c2)cccc1NC(=O)C1CC1. The third kappa shape index (κ3) is 4.84. The number of primary amides is 1. The van der Waals surface area contributed by atoms with E-state index in [0.717, 1.165) is 29.8 Å². The second kappa shape index (κ2) is 7.90. The Labute approximate surface area is 157 Å². The quantitative estimate of drug-likeness (QED) is 0.603. The number of hydrogen-bond donors (Lipinski definition) is 4. The van der Waals surface area contributed by atoms with Gasteiger partial charge in [0.2, 0.25) is 17.7 Å². The molecule has 140 valence electrons. The fourth-order valence-corrected chi connectivity index (χ4v) is 2.67. The minimum Gasteiger partial charge on any atom is -0.376 e. The molecule has 0 aromatic heterocycles. The molecule has 3 amide bonds. The van der Waals surface area contributed by atoms with Crippen LogP contribution in [-0.4, -0.2) is 24.3 Å². The lowest BCUT2D eigenvalue weighted by atomic mass is 10.1. The fraction of sp³-hybridized carbons (Fsp3) is 0.250. The largest absolute Gasteiger partial charge is 0.376 e. The Morgan fingerprint density at radius 1 is 1.04 bits per heavy atom. The molecule has 27 heavy (non-hydrogen) atoms. The molecule has 7 heteroatoms. The van der Waals surface area contributed by atoms with Gasteiger partial charge in [0, 0.05) is 28.5 Å². The van der Waals surface area contributed by atoms with Gasteiger partial charge in [-0.25, -0.2) is 0 Å². The lowest BCUT2D eigenvalue weighted by Gasteiger charge is -2.14. The number of nitrogens with one attached hydrogen (secondary N) is 3. The van der Waals surface area contributed by atoms with Crippen molar-refractivity contribution in [3.8, 4) is 0 Å². The van der Waals surface area contributed by atoms with Gasteiger partial charge in [-0.15, -0.1) is 0 Å². The summed E-state index contributed by atoms with van der Waals surface area (Å²) in [7, 11) is 0. The van der Waals surface area contributed by atoms with Crippen molar-refractivity contribution >= 4 is 34.8 Å². The number of hydrogen-bond acceptors (Lipinski definition) is 4. The standard InChI is InChI=1S/C20H22N4O3/c1-12-16(6-3-7-17(12)24-20(27)13-8-9-13)22-11-18(25)23-15-5-2-4-14(10-15)19(21)26/h2-7,10,13,22H,8-9,11H2,1H3,(H2,21,26)(H,23,25)(H,24,27). The first-order valence-electron chi connectivity index (χ1n) is 8.78. The van der Waals surface area contributed by atoms with E-state index in [1.165, 1.54) is 6.07 Å². The first-order chi connectivity index (χ1) is 12.9. The summed E-state index contributed by atoms with van der Waals surface area (Å²) in [5.41, 5.74) is 8.45. The number of carbonyl (C=O) groups excluding carboxylic acids is 3. The number of anilines is 3. The Kier molecular flexibility index (Phi) is 5.40. The van der Waals surface area contributed by atoms with Crippen LogP contribution in [0.3, 0.4) is 0 Å². The van der Waals surface area contributed by atoms with Crippen LogP contribution in [0.25, 0.3) is 0 Å². The summed E-state index contributed by atoms with van der Waals surface area (Å²) < 4.78 is 0. The van der Waals surface area contributed by atoms with E-state index in [1.54, 1.807) is 18.2 Å². The third-order valence-corrected chi connectivity index (χ3v) is 4.41. The van der Waals surface area contributed by atoms with E-state index < -0.39 is 5.91 Å². The summed E-state index contributed by atoms with van der Waals surface area (Å²) in [6.07, 6.45) is 1.89. The maximum Gasteiger partial charge on any atom is 0.248 e. The van der Waals surface area contributed by atoms with Crippen LogP contribution in [-0.2, 0) is 9.59 Å².